The van der Waals surface area contributed by atoms with Crippen molar-refractivity contribution in [1.82, 2.24) is 4.90 Å². The fourth-order valence-corrected chi connectivity index (χ4v) is 4.21. The van der Waals surface area contributed by atoms with E-state index in [1.54, 1.807) is 11.3 Å². The van der Waals surface area contributed by atoms with Gasteiger partial charge in [0.1, 0.15) is 12.4 Å². The van der Waals surface area contributed by atoms with Crippen LogP contribution in [0.25, 0.3) is 0 Å². The molecule has 2 aromatic rings. The van der Waals surface area contributed by atoms with Gasteiger partial charge in [0.15, 0.2) is 0 Å². The standard InChI is InChI=1S/C19H21NO3S/c21-19(20-9-7-18-14(12-20)8-11-24-18)16-5-1-2-6-17(16)23-13-15-4-3-10-22-15/h1-2,5-6,8,11,15H,3-4,7,9-10,12-13H2. The van der Waals surface area contributed by atoms with E-state index in [0.717, 1.165) is 32.4 Å². The zero-order valence-corrected chi connectivity index (χ0v) is 14.4. The molecule has 0 saturated carbocycles. The first-order valence-corrected chi connectivity index (χ1v) is 9.37. The quantitative estimate of drug-likeness (QED) is 0.853. The third-order valence-corrected chi connectivity index (χ3v) is 5.68. The number of hydrogen-bond acceptors (Lipinski definition) is 4. The number of para-hydroxylation sites is 1. The Morgan fingerprint density at radius 2 is 2.25 bits per heavy atom. The fourth-order valence-electron chi connectivity index (χ4n) is 3.32. The molecule has 3 heterocycles. The topological polar surface area (TPSA) is 38.8 Å². The van der Waals surface area contributed by atoms with Gasteiger partial charge >= 0.3 is 0 Å². The maximum absolute atomic E-state index is 13.0. The molecule has 0 aliphatic carbocycles. The summed E-state index contributed by atoms with van der Waals surface area (Å²) in [5.74, 6) is 0.712. The molecule has 2 aliphatic rings. The number of fused-ring (bicyclic) bond motifs is 1. The minimum atomic E-state index is 0.0507. The second-order valence-corrected chi connectivity index (χ2v) is 7.29. The second kappa shape index (κ2) is 6.95. The van der Waals surface area contributed by atoms with E-state index in [4.69, 9.17) is 9.47 Å². The lowest BCUT2D eigenvalue weighted by atomic mass is 10.1. The van der Waals surface area contributed by atoms with Crippen LogP contribution in [0, 0.1) is 0 Å². The zero-order valence-electron chi connectivity index (χ0n) is 13.6. The lowest BCUT2D eigenvalue weighted by Crippen LogP contribution is -2.35. The molecular weight excluding hydrogens is 322 g/mol. The molecule has 1 amide bonds. The van der Waals surface area contributed by atoms with Gasteiger partial charge in [-0.15, -0.1) is 11.3 Å². The van der Waals surface area contributed by atoms with Crippen LogP contribution in [0.5, 0.6) is 5.75 Å². The lowest BCUT2D eigenvalue weighted by Gasteiger charge is -2.27. The molecule has 24 heavy (non-hydrogen) atoms. The molecule has 1 atom stereocenters. The summed E-state index contributed by atoms with van der Waals surface area (Å²) in [7, 11) is 0. The van der Waals surface area contributed by atoms with Crippen LogP contribution in [0.2, 0.25) is 0 Å². The summed E-state index contributed by atoms with van der Waals surface area (Å²) in [6.45, 7) is 2.79. The first-order valence-electron chi connectivity index (χ1n) is 8.49. The van der Waals surface area contributed by atoms with Crippen molar-refractivity contribution in [2.45, 2.75) is 31.9 Å². The number of hydrogen-bond donors (Lipinski definition) is 0. The molecule has 1 aromatic heterocycles. The first kappa shape index (κ1) is 15.7. The molecule has 4 rings (SSSR count). The van der Waals surface area contributed by atoms with Crippen LogP contribution in [0.3, 0.4) is 0 Å². The molecule has 1 saturated heterocycles. The van der Waals surface area contributed by atoms with Crippen LogP contribution in [0.4, 0.5) is 0 Å². The SMILES string of the molecule is O=C(c1ccccc1OCC1CCCO1)N1CCc2sccc2C1. The van der Waals surface area contributed by atoms with Crippen molar-refractivity contribution < 1.29 is 14.3 Å². The number of benzene rings is 1. The fraction of sp³-hybridized carbons (Fsp3) is 0.421. The molecule has 1 aromatic carbocycles. The number of amides is 1. The number of ether oxygens (including phenoxy) is 2. The highest BCUT2D eigenvalue weighted by atomic mass is 32.1. The van der Waals surface area contributed by atoms with Crippen LogP contribution in [-0.2, 0) is 17.7 Å². The highest BCUT2D eigenvalue weighted by molar-refractivity contribution is 7.10. The zero-order chi connectivity index (χ0) is 16.4. The van der Waals surface area contributed by atoms with Crippen molar-refractivity contribution in [1.29, 1.82) is 0 Å². The minimum Gasteiger partial charge on any atom is -0.490 e. The Hall–Kier alpha value is -1.85. The van der Waals surface area contributed by atoms with Gasteiger partial charge in [0, 0.05) is 24.6 Å². The molecule has 5 heteroatoms. The Balaban J connectivity index is 1.48. The van der Waals surface area contributed by atoms with Gasteiger partial charge in [0.25, 0.3) is 5.91 Å². The summed E-state index contributed by atoms with van der Waals surface area (Å²) in [6, 6.07) is 9.67. The maximum atomic E-state index is 13.0. The normalized spacial score (nSPS) is 20.0. The third-order valence-electron chi connectivity index (χ3n) is 4.66. The number of carbonyl (C=O) groups is 1. The molecule has 0 bridgehead atoms. The first-order chi connectivity index (χ1) is 11.8. The van der Waals surface area contributed by atoms with Gasteiger partial charge in [0.2, 0.25) is 0 Å². The van der Waals surface area contributed by atoms with Crippen molar-refractivity contribution in [3.8, 4) is 5.75 Å². The Bertz CT molecular complexity index is 721. The van der Waals surface area contributed by atoms with Gasteiger partial charge in [0.05, 0.1) is 11.7 Å². The summed E-state index contributed by atoms with van der Waals surface area (Å²) in [4.78, 5) is 16.3. The van der Waals surface area contributed by atoms with Gasteiger partial charge in [-0.05, 0) is 48.4 Å². The molecule has 0 spiro atoms. The number of rotatable bonds is 4. The second-order valence-electron chi connectivity index (χ2n) is 6.29. The van der Waals surface area contributed by atoms with E-state index in [1.165, 1.54) is 10.4 Å². The lowest BCUT2D eigenvalue weighted by molar-refractivity contribution is 0.0645. The predicted molar refractivity (Wildman–Crippen MR) is 93.7 cm³/mol. The van der Waals surface area contributed by atoms with Crippen LogP contribution in [0.1, 0.15) is 33.6 Å². The minimum absolute atomic E-state index is 0.0507. The van der Waals surface area contributed by atoms with E-state index < -0.39 is 0 Å². The smallest absolute Gasteiger partial charge is 0.257 e. The van der Waals surface area contributed by atoms with E-state index in [0.29, 0.717) is 24.5 Å². The van der Waals surface area contributed by atoms with E-state index >= 15 is 0 Å². The molecule has 2 aliphatic heterocycles. The summed E-state index contributed by atoms with van der Waals surface area (Å²) < 4.78 is 11.5. The van der Waals surface area contributed by atoms with Crippen LogP contribution < -0.4 is 4.74 Å². The molecule has 0 radical (unpaired) electrons. The van der Waals surface area contributed by atoms with E-state index in [-0.39, 0.29) is 12.0 Å². The summed E-state index contributed by atoms with van der Waals surface area (Å²) in [5.41, 5.74) is 1.92. The molecule has 1 unspecified atom stereocenters. The van der Waals surface area contributed by atoms with Crippen molar-refractivity contribution in [2.75, 3.05) is 19.8 Å². The van der Waals surface area contributed by atoms with E-state index in [1.807, 2.05) is 29.2 Å². The van der Waals surface area contributed by atoms with Gasteiger partial charge in [-0.3, -0.25) is 4.79 Å². The monoisotopic (exact) mass is 343 g/mol. The molecule has 1 fully saturated rings. The van der Waals surface area contributed by atoms with Crippen LogP contribution >= 0.6 is 11.3 Å². The summed E-state index contributed by atoms with van der Waals surface area (Å²) >= 11 is 1.78. The van der Waals surface area contributed by atoms with Gasteiger partial charge in [-0.2, -0.15) is 0 Å². The number of thiophene rings is 1. The molecular formula is C19H21NO3S. The average Bonchev–Trinajstić information content (AvgIpc) is 3.30. The van der Waals surface area contributed by atoms with Crippen LogP contribution in [-0.4, -0.2) is 36.7 Å². The van der Waals surface area contributed by atoms with Gasteiger partial charge < -0.3 is 14.4 Å². The highest BCUT2D eigenvalue weighted by Crippen LogP contribution is 2.27. The largest absolute Gasteiger partial charge is 0.490 e. The summed E-state index contributed by atoms with van der Waals surface area (Å²) in [6.07, 6.45) is 3.21. The number of carbonyl (C=O) groups excluding carboxylic acids is 1. The predicted octanol–water partition coefficient (Wildman–Crippen LogP) is 3.50. The van der Waals surface area contributed by atoms with E-state index in [2.05, 4.69) is 11.4 Å². The Labute approximate surface area is 146 Å². The summed E-state index contributed by atoms with van der Waals surface area (Å²) in [5, 5.41) is 2.11. The molecule has 0 N–H and O–H groups in total. The Morgan fingerprint density at radius 3 is 3.12 bits per heavy atom. The van der Waals surface area contributed by atoms with E-state index in [9.17, 15) is 4.79 Å². The van der Waals surface area contributed by atoms with Crippen LogP contribution in [0.15, 0.2) is 35.7 Å². The third kappa shape index (κ3) is 3.19. The Kier molecular flexibility index (Phi) is 4.54. The molecule has 126 valence electrons. The van der Waals surface area contributed by atoms with Gasteiger partial charge in [-0.1, -0.05) is 12.1 Å². The molecule has 4 nitrogen and oxygen atoms in total. The average molecular weight is 343 g/mol. The Morgan fingerprint density at radius 1 is 1.33 bits per heavy atom. The van der Waals surface area contributed by atoms with Gasteiger partial charge in [-0.25, -0.2) is 0 Å². The van der Waals surface area contributed by atoms with Crippen molar-refractivity contribution >= 4 is 17.2 Å². The highest BCUT2D eigenvalue weighted by Gasteiger charge is 2.25. The van der Waals surface area contributed by atoms with Crippen molar-refractivity contribution in [3.63, 3.8) is 0 Å². The van der Waals surface area contributed by atoms with Crippen molar-refractivity contribution in [3.05, 3.63) is 51.7 Å². The number of nitrogens with zero attached hydrogens (tertiary/aromatic N) is 1. The van der Waals surface area contributed by atoms with Crippen molar-refractivity contribution in [2.24, 2.45) is 0 Å². The maximum Gasteiger partial charge on any atom is 0.257 e.